The fourth-order valence-electron chi connectivity index (χ4n) is 1.37. The monoisotopic (exact) mass is 272 g/mol. The highest BCUT2D eigenvalue weighted by Gasteiger charge is 2.24. The second kappa shape index (κ2) is 8.98. The number of ketones is 2. The molecule has 0 aliphatic heterocycles. The van der Waals surface area contributed by atoms with Gasteiger partial charge in [0.2, 0.25) is 0 Å². The van der Waals surface area contributed by atoms with E-state index in [1.54, 1.807) is 0 Å². The molecule has 7 nitrogen and oxygen atoms in total. The van der Waals surface area contributed by atoms with Gasteiger partial charge in [-0.1, -0.05) is 6.08 Å². The number of rotatable bonds is 11. The summed E-state index contributed by atoms with van der Waals surface area (Å²) in [5.74, 6) is -4.83. The Labute approximate surface area is 109 Å². The summed E-state index contributed by atoms with van der Waals surface area (Å²) in [6.45, 7) is 3.42. The van der Waals surface area contributed by atoms with Gasteiger partial charge in [-0.15, -0.1) is 6.58 Å². The van der Waals surface area contributed by atoms with Crippen molar-refractivity contribution in [2.45, 2.75) is 19.3 Å². The third-order valence-electron chi connectivity index (χ3n) is 2.16. The molecule has 0 fully saturated rings. The summed E-state index contributed by atoms with van der Waals surface area (Å²) in [6.07, 6.45) is -0.311. The average Bonchev–Trinajstić information content (AvgIpc) is 2.25. The summed E-state index contributed by atoms with van der Waals surface area (Å²) in [5, 5.41) is 17.0. The predicted octanol–water partition coefficient (Wildman–Crippen LogP) is 0.283. The van der Waals surface area contributed by atoms with E-state index in [9.17, 15) is 19.2 Å². The van der Waals surface area contributed by atoms with Crippen LogP contribution in [0.5, 0.6) is 0 Å². The Balaban J connectivity index is 4.51. The first kappa shape index (κ1) is 17.0. The van der Waals surface area contributed by atoms with Crippen LogP contribution in [0.2, 0.25) is 0 Å². The first-order valence-corrected chi connectivity index (χ1v) is 5.53. The molecule has 1 atom stereocenters. The van der Waals surface area contributed by atoms with E-state index in [1.807, 2.05) is 0 Å². The van der Waals surface area contributed by atoms with Crippen molar-refractivity contribution in [1.82, 2.24) is 0 Å². The second-order valence-corrected chi connectivity index (χ2v) is 3.87. The Bertz CT molecular complexity index is 372. The molecule has 2 N–H and O–H groups in total. The molecule has 0 radical (unpaired) electrons. The van der Waals surface area contributed by atoms with Crippen LogP contribution < -0.4 is 0 Å². The van der Waals surface area contributed by atoms with Gasteiger partial charge in [0.25, 0.3) is 0 Å². The van der Waals surface area contributed by atoms with Crippen LogP contribution in [0.25, 0.3) is 0 Å². The number of hydrogen-bond donors (Lipinski definition) is 2. The number of carbonyl (C=O) groups excluding carboxylic acids is 2. The zero-order valence-corrected chi connectivity index (χ0v) is 10.3. The maximum atomic E-state index is 11.6. The molecule has 0 amide bonds. The van der Waals surface area contributed by atoms with Gasteiger partial charge in [0, 0.05) is 12.3 Å². The van der Waals surface area contributed by atoms with Crippen LogP contribution in [0.4, 0.5) is 0 Å². The molecule has 0 bridgehead atoms. The highest BCUT2D eigenvalue weighted by Crippen LogP contribution is 2.11. The number of hydrogen-bond acceptors (Lipinski definition) is 5. The minimum atomic E-state index is -1.30. The largest absolute Gasteiger partial charge is 0.481 e. The Morgan fingerprint density at radius 3 is 2.16 bits per heavy atom. The normalized spacial score (nSPS) is 11.6. The van der Waals surface area contributed by atoms with Gasteiger partial charge in [0.05, 0.1) is 13.2 Å². The number of carboxylic acid groups (broad SMARTS) is 2. The van der Waals surface area contributed by atoms with Crippen LogP contribution in [0.1, 0.15) is 19.3 Å². The van der Waals surface area contributed by atoms with Gasteiger partial charge in [-0.05, 0) is 0 Å². The molecule has 19 heavy (non-hydrogen) atoms. The Morgan fingerprint density at radius 1 is 1.11 bits per heavy atom. The van der Waals surface area contributed by atoms with Gasteiger partial charge in [0.1, 0.15) is 24.4 Å². The standard InChI is InChI=1S/C12H16O7/c1-2-3-19-7-8(10(14)6-12(17)18)4-9(13)5-11(15)16/h2,8H,1,3-7H2,(H,15,16)(H,17,18). The van der Waals surface area contributed by atoms with Gasteiger partial charge in [0.15, 0.2) is 0 Å². The molecule has 1 unspecified atom stereocenters. The van der Waals surface area contributed by atoms with E-state index in [2.05, 4.69) is 6.58 Å². The first-order valence-electron chi connectivity index (χ1n) is 5.53. The maximum Gasteiger partial charge on any atom is 0.310 e. The highest BCUT2D eigenvalue weighted by molar-refractivity contribution is 6.00. The fraction of sp³-hybridized carbons (Fsp3) is 0.500. The van der Waals surface area contributed by atoms with Crippen molar-refractivity contribution in [3.05, 3.63) is 12.7 Å². The molecule has 0 saturated heterocycles. The van der Waals surface area contributed by atoms with Crippen molar-refractivity contribution < 1.29 is 34.1 Å². The van der Waals surface area contributed by atoms with Gasteiger partial charge < -0.3 is 14.9 Å². The minimum Gasteiger partial charge on any atom is -0.481 e. The highest BCUT2D eigenvalue weighted by atomic mass is 16.5. The molecule has 0 aromatic carbocycles. The van der Waals surface area contributed by atoms with Crippen molar-refractivity contribution in [2.75, 3.05) is 13.2 Å². The molecular formula is C12H16O7. The lowest BCUT2D eigenvalue weighted by Gasteiger charge is -2.13. The molecule has 0 rings (SSSR count). The van der Waals surface area contributed by atoms with E-state index >= 15 is 0 Å². The van der Waals surface area contributed by atoms with E-state index in [1.165, 1.54) is 6.08 Å². The molecule has 106 valence electrons. The molecule has 0 aromatic rings. The van der Waals surface area contributed by atoms with Crippen LogP contribution in [0.3, 0.4) is 0 Å². The Morgan fingerprint density at radius 2 is 1.68 bits per heavy atom. The van der Waals surface area contributed by atoms with Crippen LogP contribution in [0.15, 0.2) is 12.7 Å². The second-order valence-electron chi connectivity index (χ2n) is 3.87. The average molecular weight is 272 g/mol. The Hall–Kier alpha value is -2.02. The lowest BCUT2D eigenvalue weighted by Crippen LogP contribution is -2.26. The van der Waals surface area contributed by atoms with E-state index in [4.69, 9.17) is 14.9 Å². The molecule has 0 aromatic heterocycles. The molecule has 0 saturated carbocycles. The predicted molar refractivity (Wildman–Crippen MR) is 63.6 cm³/mol. The van der Waals surface area contributed by atoms with Crippen molar-refractivity contribution in [2.24, 2.45) is 5.92 Å². The number of Topliss-reactive ketones (excluding diaryl/α,β-unsaturated/α-hetero) is 2. The fourth-order valence-corrected chi connectivity index (χ4v) is 1.37. The molecule has 0 heterocycles. The summed E-state index contributed by atoms with van der Waals surface area (Å²) in [6, 6.07) is 0. The molecule has 0 aliphatic rings. The smallest absolute Gasteiger partial charge is 0.310 e. The van der Waals surface area contributed by atoms with Crippen LogP contribution in [-0.4, -0.2) is 46.9 Å². The summed E-state index contributed by atoms with van der Waals surface area (Å²) in [5.41, 5.74) is 0. The van der Waals surface area contributed by atoms with Crippen molar-refractivity contribution in [3.63, 3.8) is 0 Å². The molecule has 7 heteroatoms. The van der Waals surface area contributed by atoms with Gasteiger partial charge in [-0.25, -0.2) is 0 Å². The van der Waals surface area contributed by atoms with E-state index in [0.29, 0.717) is 0 Å². The zero-order chi connectivity index (χ0) is 14.8. The number of aliphatic carboxylic acids is 2. The topological polar surface area (TPSA) is 118 Å². The summed E-state index contributed by atoms with van der Waals surface area (Å²) < 4.78 is 5.02. The number of carboxylic acids is 2. The van der Waals surface area contributed by atoms with Crippen molar-refractivity contribution in [3.8, 4) is 0 Å². The third-order valence-corrected chi connectivity index (χ3v) is 2.16. The lowest BCUT2D eigenvalue weighted by atomic mass is 9.95. The van der Waals surface area contributed by atoms with Crippen molar-refractivity contribution in [1.29, 1.82) is 0 Å². The quantitative estimate of drug-likeness (QED) is 0.315. The minimum absolute atomic E-state index is 0.135. The van der Waals surface area contributed by atoms with E-state index < -0.39 is 42.3 Å². The van der Waals surface area contributed by atoms with Gasteiger partial charge in [-0.3, -0.25) is 19.2 Å². The van der Waals surface area contributed by atoms with E-state index in [0.717, 1.165) is 0 Å². The van der Waals surface area contributed by atoms with Gasteiger partial charge >= 0.3 is 11.9 Å². The molecule has 0 spiro atoms. The van der Waals surface area contributed by atoms with E-state index in [-0.39, 0.29) is 19.6 Å². The first-order chi connectivity index (χ1) is 8.86. The summed E-state index contributed by atoms with van der Waals surface area (Å²) in [4.78, 5) is 43.7. The van der Waals surface area contributed by atoms with Gasteiger partial charge in [-0.2, -0.15) is 0 Å². The van der Waals surface area contributed by atoms with Crippen LogP contribution in [-0.2, 0) is 23.9 Å². The number of ether oxygens (including phenoxy) is 1. The van der Waals surface area contributed by atoms with Crippen molar-refractivity contribution >= 4 is 23.5 Å². The summed E-state index contributed by atoms with van der Waals surface area (Å²) >= 11 is 0. The molecular weight excluding hydrogens is 256 g/mol. The third kappa shape index (κ3) is 8.67. The maximum absolute atomic E-state index is 11.6. The van der Waals surface area contributed by atoms with Crippen LogP contribution >= 0.6 is 0 Å². The molecule has 0 aliphatic carbocycles. The zero-order valence-electron chi connectivity index (χ0n) is 10.3. The Kier molecular flexibility index (Phi) is 8.03. The lowest BCUT2D eigenvalue weighted by molar-refractivity contribution is -0.145. The van der Waals surface area contributed by atoms with Crippen LogP contribution in [0, 0.1) is 5.92 Å². The SMILES string of the molecule is C=CCOCC(CC(=O)CC(=O)O)C(=O)CC(=O)O. The summed E-state index contributed by atoms with van der Waals surface area (Å²) in [7, 11) is 0. The number of carbonyl (C=O) groups is 4.